The molecule has 4 heteroatoms. The standard InChI is InChI=1S/C21H24N2O2/c24-20(17-7-3-1-4-8-17)23(18-9-5-2-6-10-18)19-15-21(25-16-19)11-13-22-14-12-21/h1-10,19,22H,11-16H2/t19-/m0/s1. The first-order valence-electron chi connectivity index (χ1n) is 9.06. The van der Waals surface area contributed by atoms with E-state index in [2.05, 4.69) is 5.32 Å². The Kier molecular flexibility index (Phi) is 4.55. The number of nitrogens with zero attached hydrogens (tertiary/aromatic N) is 1. The highest BCUT2D eigenvalue weighted by atomic mass is 16.5. The molecule has 2 fully saturated rings. The third-order valence-electron chi connectivity index (χ3n) is 5.34. The molecule has 1 N–H and O–H groups in total. The summed E-state index contributed by atoms with van der Waals surface area (Å²) in [5, 5.41) is 3.40. The van der Waals surface area contributed by atoms with Gasteiger partial charge in [0.25, 0.3) is 5.91 Å². The number of anilines is 1. The van der Waals surface area contributed by atoms with Crippen molar-refractivity contribution in [3.63, 3.8) is 0 Å². The number of piperidine rings is 1. The number of carbonyl (C=O) groups excluding carboxylic acids is 1. The van der Waals surface area contributed by atoms with Crippen molar-refractivity contribution in [2.75, 3.05) is 24.6 Å². The van der Waals surface area contributed by atoms with Crippen LogP contribution < -0.4 is 10.2 Å². The van der Waals surface area contributed by atoms with E-state index in [1.54, 1.807) is 0 Å². The summed E-state index contributed by atoms with van der Waals surface area (Å²) in [7, 11) is 0. The van der Waals surface area contributed by atoms with Gasteiger partial charge in [0.05, 0.1) is 18.2 Å². The average molecular weight is 336 g/mol. The van der Waals surface area contributed by atoms with Crippen LogP contribution in [0.25, 0.3) is 0 Å². The molecule has 25 heavy (non-hydrogen) atoms. The Balaban J connectivity index is 1.63. The summed E-state index contributed by atoms with van der Waals surface area (Å²) in [6.45, 7) is 2.59. The molecule has 2 aromatic carbocycles. The molecule has 0 aromatic heterocycles. The molecule has 1 spiro atoms. The van der Waals surface area contributed by atoms with E-state index < -0.39 is 0 Å². The van der Waals surface area contributed by atoms with E-state index in [1.165, 1.54) is 0 Å². The number of hydrogen-bond acceptors (Lipinski definition) is 3. The Labute approximate surface area is 148 Å². The molecule has 0 unspecified atom stereocenters. The minimum Gasteiger partial charge on any atom is -0.373 e. The fraction of sp³-hybridized carbons (Fsp3) is 0.381. The molecule has 1 atom stereocenters. The summed E-state index contributed by atoms with van der Waals surface area (Å²) in [6, 6.07) is 19.6. The Bertz CT molecular complexity index is 711. The lowest BCUT2D eigenvalue weighted by Gasteiger charge is -2.34. The summed E-state index contributed by atoms with van der Waals surface area (Å²) >= 11 is 0. The Morgan fingerprint density at radius 1 is 1.00 bits per heavy atom. The van der Waals surface area contributed by atoms with Crippen LogP contribution in [-0.4, -0.2) is 37.2 Å². The van der Waals surface area contributed by atoms with Gasteiger partial charge in [0.2, 0.25) is 0 Å². The monoisotopic (exact) mass is 336 g/mol. The SMILES string of the molecule is O=C(c1ccccc1)N(c1ccccc1)[C@@H]1COC2(CCNCC2)C1. The number of para-hydroxylation sites is 1. The molecule has 2 aliphatic rings. The van der Waals surface area contributed by atoms with Gasteiger partial charge in [-0.25, -0.2) is 0 Å². The van der Waals surface area contributed by atoms with Crippen molar-refractivity contribution < 1.29 is 9.53 Å². The number of hydrogen-bond donors (Lipinski definition) is 1. The van der Waals surface area contributed by atoms with Gasteiger partial charge in [-0.2, -0.15) is 0 Å². The van der Waals surface area contributed by atoms with E-state index in [1.807, 2.05) is 65.6 Å². The molecule has 0 radical (unpaired) electrons. The molecule has 2 heterocycles. The first kappa shape index (κ1) is 16.3. The second-order valence-corrected chi connectivity index (χ2v) is 6.98. The largest absolute Gasteiger partial charge is 0.373 e. The maximum absolute atomic E-state index is 13.3. The Morgan fingerprint density at radius 3 is 2.32 bits per heavy atom. The predicted molar refractivity (Wildman–Crippen MR) is 98.9 cm³/mol. The number of amides is 1. The maximum atomic E-state index is 13.3. The van der Waals surface area contributed by atoms with E-state index in [0.717, 1.165) is 43.6 Å². The Morgan fingerprint density at radius 2 is 1.64 bits per heavy atom. The number of carbonyl (C=O) groups is 1. The van der Waals surface area contributed by atoms with E-state index >= 15 is 0 Å². The summed E-state index contributed by atoms with van der Waals surface area (Å²) in [5.41, 5.74) is 1.59. The first-order chi connectivity index (χ1) is 12.3. The molecule has 1 amide bonds. The molecule has 0 aliphatic carbocycles. The van der Waals surface area contributed by atoms with E-state index in [-0.39, 0.29) is 17.6 Å². The minimum atomic E-state index is -0.0695. The van der Waals surface area contributed by atoms with Crippen LogP contribution in [0.5, 0.6) is 0 Å². The molecule has 2 aromatic rings. The summed E-state index contributed by atoms with van der Waals surface area (Å²) in [6.07, 6.45) is 2.94. The van der Waals surface area contributed by atoms with Crippen LogP contribution in [-0.2, 0) is 4.74 Å². The molecular formula is C21H24N2O2. The van der Waals surface area contributed by atoms with Gasteiger partial charge >= 0.3 is 0 Å². The molecule has 130 valence electrons. The fourth-order valence-electron chi connectivity index (χ4n) is 4.02. The van der Waals surface area contributed by atoms with E-state index in [0.29, 0.717) is 6.61 Å². The van der Waals surface area contributed by atoms with Gasteiger partial charge in [0.15, 0.2) is 0 Å². The molecule has 0 saturated carbocycles. The normalized spacial score (nSPS) is 22.0. The summed E-state index contributed by atoms with van der Waals surface area (Å²) in [4.78, 5) is 15.2. The molecule has 2 saturated heterocycles. The zero-order valence-corrected chi connectivity index (χ0v) is 14.4. The van der Waals surface area contributed by atoms with Crippen molar-refractivity contribution in [2.45, 2.75) is 30.9 Å². The van der Waals surface area contributed by atoms with Crippen LogP contribution in [0.1, 0.15) is 29.6 Å². The third-order valence-corrected chi connectivity index (χ3v) is 5.34. The van der Waals surface area contributed by atoms with Gasteiger partial charge in [-0.05, 0) is 56.6 Å². The molecule has 4 nitrogen and oxygen atoms in total. The molecule has 0 bridgehead atoms. The number of ether oxygens (including phenoxy) is 1. The lowest BCUT2D eigenvalue weighted by molar-refractivity contribution is -0.0193. The van der Waals surface area contributed by atoms with Crippen molar-refractivity contribution in [3.8, 4) is 0 Å². The van der Waals surface area contributed by atoms with Crippen LogP contribution >= 0.6 is 0 Å². The van der Waals surface area contributed by atoms with Gasteiger partial charge in [0, 0.05) is 11.3 Å². The highest BCUT2D eigenvalue weighted by Crippen LogP contribution is 2.37. The lowest BCUT2D eigenvalue weighted by Crippen LogP contribution is -2.44. The highest BCUT2D eigenvalue weighted by molar-refractivity contribution is 6.06. The molecule has 2 aliphatic heterocycles. The fourth-order valence-corrected chi connectivity index (χ4v) is 4.02. The summed E-state index contributed by atoms with van der Waals surface area (Å²) < 4.78 is 6.25. The van der Waals surface area contributed by atoms with E-state index in [4.69, 9.17) is 4.74 Å². The van der Waals surface area contributed by atoms with Crippen molar-refractivity contribution in [2.24, 2.45) is 0 Å². The lowest BCUT2D eigenvalue weighted by atomic mass is 9.87. The van der Waals surface area contributed by atoms with Gasteiger partial charge in [-0.15, -0.1) is 0 Å². The van der Waals surface area contributed by atoms with Crippen LogP contribution in [0.3, 0.4) is 0 Å². The number of nitrogens with one attached hydrogen (secondary N) is 1. The van der Waals surface area contributed by atoms with E-state index in [9.17, 15) is 4.79 Å². The highest BCUT2D eigenvalue weighted by Gasteiger charge is 2.44. The van der Waals surface area contributed by atoms with Crippen LogP contribution in [0.15, 0.2) is 60.7 Å². The van der Waals surface area contributed by atoms with Crippen molar-refractivity contribution in [1.82, 2.24) is 5.32 Å². The molecular weight excluding hydrogens is 312 g/mol. The van der Waals surface area contributed by atoms with Crippen molar-refractivity contribution in [3.05, 3.63) is 66.2 Å². The topological polar surface area (TPSA) is 41.6 Å². The van der Waals surface area contributed by atoms with Crippen LogP contribution in [0.4, 0.5) is 5.69 Å². The van der Waals surface area contributed by atoms with Gasteiger partial charge in [-0.3, -0.25) is 4.79 Å². The zero-order valence-electron chi connectivity index (χ0n) is 14.4. The summed E-state index contributed by atoms with van der Waals surface area (Å²) in [5.74, 6) is 0.0476. The predicted octanol–water partition coefficient (Wildman–Crippen LogP) is 3.24. The number of benzene rings is 2. The quantitative estimate of drug-likeness (QED) is 0.935. The smallest absolute Gasteiger partial charge is 0.258 e. The zero-order chi connectivity index (χ0) is 17.1. The first-order valence-corrected chi connectivity index (χ1v) is 9.06. The van der Waals surface area contributed by atoms with Gasteiger partial charge in [-0.1, -0.05) is 36.4 Å². The van der Waals surface area contributed by atoms with Crippen molar-refractivity contribution in [1.29, 1.82) is 0 Å². The van der Waals surface area contributed by atoms with Crippen LogP contribution in [0.2, 0.25) is 0 Å². The Hall–Kier alpha value is -2.17. The third kappa shape index (κ3) is 3.32. The second kappa shape index (κ2) is 6.98. The van der Waals surface area contributed by atoms with Gasteiger partial charge in [0.1, 0.15) is 0 Å². The maximum Gasteiger partial charge on any atom is 0.258 e. The second-order valence-electron chi connectivity index (χ2n) is 6.98. The average Bonchev–Trinajstić information content (AvgIpc) is 3.07. The minimum absolute atomic E-state index is 0.0476. The molecule has 4 rings (SSSR count). The number of rotatable bonds is 3. The van der Waals surface area contributed by atoms with Gasteiger partial charge < -0.3 is 15.0 Å². The van der Waals surface area contributed by atoms with Crippen LogP contribution in [0, 0.1) is 0 Å². The van der Waals surface area contributed by atoms with Crippen molar-refractivity contribution >= 4 is 11.6 Å².